The minimum atomic E-state index is -0.693. The number of nitrogens with two attached hydrogens (primary N) is 1. The minimum Gasteiger partial charge on any atom is -0.446 e. The molecule has 5 N–H and O–H groups in total. The fourth-order valence-corrected chi connectivity index (χ4v) is 2.25. The predicted octanol–water partition coefficient (Wildman–Crippen LogP) is -0.705. The molecule has 0 saturated carbocycles. The van der Waals surface area contributed by atoms with Crippen molar-refractivity contribution >= 4 is 23.6 Å². The quantitative estimate of drug-likeness (QED) is 0.554. The summed E-state index contributed by atoms with van der Waals surface area (Å²) in [6.07, 6.45) is 4.22. The van der Waals surface area contributed by atoms with Gasteiger partial charge < -0.3 is 31.0 Å². The molecule has 1 aliphatic heterocycles. The number of nitrogens with one attached hydrogen (secondary N) is 3. The molecule has 0 unspecified atom stereocenters. The first-order valence-corrected chi connectivity index (χ1v) is 7.68. The number of aromatic nitrogens is 3. The van der Waals surface area contributed by atoms with E-state index in [0.717, 1.165) is 32.4 Å². The highest BCUT2D eigenvalue weighted by Gasteiger charge is 2.13. The minimum absolute atomic E-state index is 0.00843. The highest BCUT2D eigenvalue weighted by atomic mass is 16.3. The van der Waals surface area contributed by atoms with Crippen molar-refractivity contribution in [1.29, 1.82) is 0 Å². The van der Waals surface area contributed by atoms with Gasteiger partial charge in [0.05, 0.1) is 24.6 Å². The molecule has 25 heavy (non-hydrogen) atoms. The van der Waals surface area contributed by atoms with E-state index in [0.29, 0.717) is 11.6 Å². The van der Waals surface area contributed by atoms with Crippen LogP contribution in [0.15, 0.2) is 23.1 Å². The number of anilines is 2. The van der Waals surface area contributed by atoms with E-state index < -0.39 is 11.9 Å². The smallest absolute Gasteiger partial charge is 0.319 e. The summed E-state index contributed by atoms with van der Waals surface area (Å²) in [5.41, 5.74) is 5.54. The van der Waals surface area contributed by atoms with Crippen LogP contribution in [0.3, 0.4) is 0 Å². The number of carbonyl (C=O) groups excluding carboxylic acids is 2. The van der Waals surface area contributed by atoms with Crippen molar-refractivity contribution in [1.82, 2.24) is 25.6 Å². The summed E-state index contributed by atoms with van der Waals surface area (Å²) in [6, 6.07) is -0.475. The zero-order valence-electron chi connectivity index (χ0n) is 13.4. The van der Waals surface area contributed by atoms with Crippen LogP contribution in [0.2, 0.25) is 0 Å². The maximum Gasteiger partial charge on any atom is 0.319 e. The van der Waals surface area contributed by atoms with E-state index in [1.165, 1.54) is 0 Å². The summed E-state index contributed by atoms with van der Waals surface area (Å²) in [5, 5.41) is 8.41. The molecule has 3 rings (SSSR count). The molecule has 11 heteroatoms. The molecule has 2 aromatic rings. The Labute approximate surface area is 143 Å². The first-order valence-electron chi connectivity index (χ1n) is 7.68. The fourth-order valence-electron chi connectivity index (χ4n) is 2.25. The van der Waals surface area contributed by atoms with Crippen LogP contribution in [0.25, 0.3) is 0 Å². The van der Waals surface area contributed by atoms with Gasteiger partial charge in [-0.3, -0.25) is 4.79 Å². The van der Waals surface area contributed by atoms with Crippen molar-refractivity contribution in [2.24, 2.45) is 5.73 Å². The second kappa shape index (κ2) is 7.57. The number of rotatable bonds is 5. The molecule has 3 amide bonds. The van der Waals surface area contributed by atoms with E-state index in [-0.39, 0.29) is 18.1 Å². The number of urea groups is 1. The molecule has 2 aromatic heterocycles. The molecule has 1 fully saturated rings. The fraction of sp³-hybridized carbons (Fsp3) is 0.357. The molecule has 11 nitrogen and oxygen atoms in total. The molecule has 0 bridgehead atoms. The largest absolute Gasteiger partial charge is 0.446 e. The van der Waals surface area contributed by atoms with Crippen LogP contribution in [0.1, 0.15) is 16.4 Å². The lowest BCUT2D eigenvalue weighted by molar-refractivity contribution is 0.0995. The Bertz CT molecular complexity index is 739. The Morgan fingerprint density at radius 3 is 2.64 bits per heavy atom. The van der Waals surface area contributed by atoms with Crippen molar-refractivity contribution in [3.63, 3.8) is 0 Å². The van der Waals surface area contributed by atoms with E-state index in [4.69, 9.17) is 10.2 Å². The summed E-state index contributed by atoms with van der Waals surface area (Å²) in [5.74, 6) is 0.113. The van der Waals surface area contributed by atoms with Gasteiger partial charge in [-0.1, -0.05) is 0 Å². The molecule has 0 radical (unpaired) electrons. The predicted molar refractivity (Wildman–Crippen MR) is 88.0 cm³/mol. The molecule has 3 heterocycles. The summed E-state index contributed by atoms with van der Waals surface area (Å²) in [4.78, 5) is 37.2. The molecule has 0 aliphatic carbocycles. The van der Waals surface area contributed by atoms with Crippen molar-refractivity contribution in [3.05, 3.63) is 30.2 Å². The first-order chi connectivity index (χ1) is 12.1. The van der Waals surface area contributed by atoms with Gasteiger partial charge in [0.15, 0.2) is 5.69 Å². The maximum absolute atomic E-state index is 11.9. The van der Waals surface area contributed by atoms with Crippen LogP contribution >= 0.6 is 0 Å². The molecule has 1 saturated heterocycles. The van der Waals surface area contributed by atoms with Gasteiger partial charge in [0.1, 0.15) is 6.26 Å². The molecular formula is C14H18N8O3. The van der Waals surface area contributed by atoms with E-state index in [1.807, 2.05) is 0 Å². The SMILES string of the molecule is NC(=O)c1coc(CNC(=O)Nc2cnc(N3CCNCC3)nc2)n1. The summed E-state index contributed by atoms with van der Waals surface area (Å²) in [6.45, 7) is 3.49. The number of amides is 3. The van der Waals surface area contributed by atoms with Crippen molar-refractivity contribution in [2.45, 2.75) is 6.54 Å². The lowest BCUT2D eigenvalue weighted by Crippen LogP contribution is -2.44. The van der Waals surface area contributed by atoms with Gasteiger partial charge >= 0.3 is 6.03 Å². The highest BCUT2D eigenvalue weighted by Crippen LogP contribution is 2.10. The third-order valence-corrected chi connectivity index (χ3v) is 3.50. The van der Waals surface area contributed by atoms with Crippen LogP contribution in [-0.4, -0.2) is 53.1 Å². The lowest BCUT2D eigenvalue weighted by atomic mass is 10.4. The van der Waals surface area contributed by atoms with E-state index in [9.17, 15) is 9.59 Å². The van der Waals surface area contributed by atoms with E-state index in [1.54, 1.807) is 12.4 Å². The van der Waals surface area contributed by atoms with Gasteiger partial charge in [-0.05, 0) is 0 Å². The van der Waals surface area contributed by atoms with Crippen molar-refractivity contribution in [2.75, 3.05) is 36.4 Å². The van der Waals surface area contributed by atoms with Gasteiger partial charge in [0.25, 0.3) is 5.91 Å². The maximum atomic E-state index is 11.9. The second-order valence-corrected chi connectivity index (χ2v) is 5.31. The van der Waals surface area contributed by atoms with Gasteiger partial charge in [0.2, 0.25) is 11.8 Å². The topological polar surface area (TPSA) is 151 Å². The standard InChI is InChI=1S/C14H18N8O3/c15-12(23)10-8-25-11(21-10)7-19-14(24)20-9-5-17-13(18-6-9)22-3-1-16-2-4-22/h5-6,8,16H,1-4,7H2,(H2,15,23)(H2,19,20,24). The number of nitrogens with zero attached hydrogens (tertiary/aromatic N) is 4. The van der Waals surface area contributed by atoms with Crippen LogP contribution in [0, 0.1) is 0 Å². The Morgan fingerprint density at radius 2 is 2.00 bits per heavy atom. The Morgan fingerprint density at radius 1 is 1.28 bits per heavy atom. The molecular weight excluding hydrogens is 328 g/mol. The Hall–Kier alpha value is -3.21. The van der Waals surface area contributed by atoms with Crippen LogP contribution in [0.5, 0.6) is 0 Å². The van der Waals surface area contributed by atoms with Crippen LogP contribution < -0.4 is 26.6 Å². The lowest BCUT2D eigenvalue weighted by Gasteiger charge is -2.27. The summed E-state index contributed by atoms with van der Waals surface area (Å²) in [7, 11) is 0. The van der Waals surface area contributed by atoms with Crippen molar-refractivity contribution in [3.8, 4) is 0 Å². The average Bonchev–Trinajstić information content (AvgIpc) is 3.11. The van der Waals surface area contributed by atoms with Crippen LogP contribution in [0.4, 0.5) is 16.4 Å². The van der Waals surface area contributed by atoms with Gasteiger partial charge in [0, 0.05) is 26.2 Å². The van der Waals surface area contributed by atoms with Crippen LogP contribution in [-0.2, 0) is 6.54 Å². The zero-order chi connectivity index (χ0) is 17.6. The molecule has 132 valence electrons. The number of hydrogen-bond acceptors (Lipinski definition) is 8. The van der Waals surface area contributed by atoms with Crippen molar-refractivity contribution < 1.29 is 14.0 Å². The van der Waals surface area contributed by atoms with Gasteiger partial charge in [-0.15, -0.1) is 0 Å². The zero-order valence-corrected chi connectivity index (χ0v) is 13.4. The molecule has 0 aromatic carbocycles. The number of oxazole rings is 1. The Balaban J connectivity index is 1.49. The highest BCUT2D eigenvalue weighted by molar-refractivity contribution is 5.90. The van der Waals surface area contributed by atoms with E-state index >= 15 is 0 Å². The number of piperazine rings is 1. The second-order valence-electron chi connectivity index (χ2n) is 5.31. The Kier molecular flexibility index (Phi) is 5.04. The first kappa shape index (κ1) is 16.6. The summed E-state index contributed by atoms with van der Waals surface area (Å²) >= 11 is 0. The number of carbonyl (C=O) groups is 2. The molecule has 0 atom stereocenters. The van der Waals surface area contributed by atoms with Gasteiger partial charge in [-0.25, -0.2) is 19.7 Å². The monoisotopic (exact) mass is 346 g/mol. The van der Waals surface area contributed by atoms with E-state index in [2.05, 4.69) is 35.8 Å². The normalized spacial score (nSPS) is 14.2. The average molecular weight is 346 g/mol. The van der Waals surface area contributed by atoms with Gasteiger partial charge in [-0.2, -0.15) is 0 Å². The number of primary amides is 1. The summed E-state index contributed by atoms with van der Waals surface area (Å²) < 4.78 is 5.02. The number of hydrogen-bond donors (Lipinski definition) is 4. The molecule has 1 aliphatic rings. The molecule has 0 spiro atoms. The third kappa shape index (κ3) is 4.41. The third-order valence-electron chi connectivity index (χ3n) is 3.50.